The second-order valence-electron chi connectivity index (χ2n) is 5.27. The number of rotatable bonds is 8. The molecule has 26 heavy (non-hydrogen) atoms. The standard InChI is InChI=1S/C19H20N2O5/c1-13(22)14-7-9-16(10-8-14)21-18(23)12-26-20-11-15-5-4-6-17(24-2)19(15)25-3/h4-11H,12H2,1-3H3,(H,21,23)/b20-11-. The summed E-state index contributed by atoms with van der Waals surface area (Å²) in [5.41, 5.74) is 1.81. The quantitative estimate of drug-likeness (QED) is 0.446. The molecule has 1 amide bonds. The molecule has 0 heterocycles. The van der Waals surface area contributed by atoms with Gasteiger partial charge in [-0.3, -0.25) is 9.59 Å². The third kappa shape index (κ3) is 5.07. The Hall–Kier alpha value is -3.35. The second kappa shape index (κ2) is 9.22. The number of nitrogens with zero attached hydrogens (tertiary/aromatic N) is 1. The van der Waals surface area contributed by atoms with Gasteiger partial charge in [-0.15, -0.1) is 0 Å². The highest BCUT2D eigenvalue weighted by atomic mass is 16.6. The number of amides is 1. The lowest BCUT2D eigenvalue weighted by molar-refractivity contribution is -0.120. The molecule has 7 nitrogen and oxygen atoms in total. The Bertz CT molecular complexity index is 800. The zero-order valence-corrected chi connectivity index (χ0v) is 14.8. The lowest BCUT2D eigenvalue weighted by Gasteiger charge is -2.09. The van der Waals surface area contributed by atoms with Gasteiger partial charge in [-0.25, -0.2) is 0 Å². The first-order chi connectivity index (χ1) is 12.5. The number of ether oxygens (including phenoxy) is 2. The van der Waals surface area contributed by atoms with E-state index in [0.29, 0.717) is 28.3 Å². The Kier molecular flexibility index (Phi) is 6.73. The first kappa shape index (κ1) is 19.0. The van der Waals surface area contributed by atoms with Gasteiger partial charge in [0, 0.05) is 16.8 Å². The van der Waals surface area contributed by atoms with E-state index in [-0.39, 0.29) is 18.3 Å². The molecule has 0 aliphatic heterocycles. The number of ketones is 1. The highest BCUT2D eigenvalue weighted by molar-refractivity contribution is 5.96. The molecular weight excluding hydrogens is 336 g/mol. The molecule has 0 aromatic heterocycles. The molecule has 0 unspecified atom stereocenters. The van der Waals surface area contributed by atoms with Crippen LogP contribution in [0, 0.1) is 0 Å². The lowest BCUT2D eigenvalue weighted by Crippen LogP contribution is -2.17. The van der Waals surface area contributed by atoms with E-state index in [4.69, 9.17) is 14.3 Å². The van der Waals surface area contributed by atoms with Crippen LogP contribution in [-0.4, -0.2) is 38.7 Å². The highest BCUT2D eigenvalue weighted by Crippen LogP contribution is 2.29. The van der Waals surface area contributed by atoms with Crippen LogP contribution < -0.4 is 14.8 Å². The van der Waals surface area contributed by atoms with E-state index < -0.39 is 0 Å². The summed E-state index contributed by atoms with van der Waals surface area (Å²) in [7, 11) is 3.07. The zero-order valence-electron chi connectivity index (χ0n) is 14.8. The van der Waals surface area contributed by atoms with Gasteiger partial charge in [-0.2, -0.15) is 0 Å². The average Bonchev–Trinajstić information content (AvgIpc) is 2.65. The highest BCUT2D eigenvalue weighted by Gasteiger charge is 2.08. The summed E-state index contributed by atoms with van der Waals surface area (Å²) in [6.07, 6.45) is 1.44. The Morgan fingerprint density at radius 1 is 1.08 bits per heavy atom. The van der Waals surface area contributed by atoms with Gasteiger partial charge in [0.2, 0.25) is 0 Å². The summed E-state index contributed by atoms with van der Waals surface area (Å²) in [6, 6.07) is 11.9. The van der Waals surface area contributed by atoms with Crippen LogP contribution in [0.1, 0.15) is 22.8 Å². The fourth-order valence-corrected chi connectivity index (χ4v) is 2.19. The van der Waals surface area contributed by atoms with Gasteiger partial charge in [0.25, 0.3) is 5.91 Å². The molecule has 0 aliphatic carbocycles. The summed E-state index contributed by atoms with van der Waals surface area (Å²) >= 11 is 0. The van der Waals surface area contributed by atoms with Crippen LogP contribution in [-0.2, 0) is 9.63 Å². The van der Waals surface area contributed by atoms with E-state index in [1.54, 1.807) is 49.6 Å². The van der Waals surface area contributed by atoms with Gasteiger partial charge in [0.1, 0.15) is 0 Å². The summed E-state index contributed by atoms with van der Waals surface area (Å²) < 4.78 is 10.5. The molecule has 0 saturated heterocycles. The summed E-state index contributed by atoms with van der Waals surface area (Å²) in [5, 5.41) is 6.43. The maximum Gasteiger partial charge on any atom is 0.265 e. The van der Waals surface area contributed by atoms with Crippen molar-refractivity contribution in [1.82, 2.24) is 0 Å². The maximum absolute atomic E-state index is 11.8. The molecule has 0 fully saturated rings. The molecule has 7 heteroatoms. The Balaban J connectivity index is 1.88. The van der Waals surface area contributed by atoms with Crippen molar-refractivity contribution in [3.63, 3.8) is 0 Å². The van der Waals surface area contributed by atoms with Crippen LogP contribution in [0.25, 0.3) is 0 Å². The molecule has 0 bridgehead atoms. The molecule has 0 spiro atoms. The van der Waals surface area contributed by atoms with Crippen molar-refractivity contribution in [1.29, 1.82) is 0 Å². The number of oxime groups is 1. The molecule has 136 valence electrons. The fourth-order valence-electron chi connectivity index (χ4n) is 2.19. The molecule has 2 rings (SSSR count). The monoisotopic (exact) mass is 356 g/mol. The number of benzene rings is 2. The normalized spacial score (nSPS) is 10.4. The minimum Gasteiger partial charge on any atom is -0.493 e. The van der Waals surface area contributed by atoms with Gasteiger partial charge in [0.15, 0.2) is 23.9 Å². The van der Waals surface area contributed by atoms with Crippen LogP contribution in [0.15, 0.2) is 47.6 Å². The minimum absolute atomic E-state index is 0.0338. The summed E-state index contributed by atoms with van der Waals surface area (Å²) in [4.78, 5) is 28.1. The number of hydrogen-bond donors (Lipinski definition) is 1. The second-order valence-corrected chi connectivity index (χ2v) is 5.27. The van der Waals surface area contributed by atoms with Gasteiger partial charge in [0.05, 0.1) is 20.4 Å². The number of anilines is 1. The molecule has 2 aromatic rings. The molecule has 2 aromatic carbocycles. The van der Waals surface area contributed by atoms with E-state index in [1.165, 1.54) is 20.2 Å². The van der Waals surface area contributed by atoms with E-state index in [2.05, 4.69) is 10.5 Å². The number of para-hydroxylation sites is 1. The van der Waals surface area contributed by atoms with Crippen LogP contribution in [0.2, 0.25) is 0 Å². The number of carbonyl (C=O) groups excluding carboxylic acids is 2. The summed E-state index contributed by atoms with van der Waals surface area (Å²) in [5.74, 6) is 0.699. The van der Waals surface area contributed by atoms with Gasteiger partial charge in [-0.05, 0) is 43.3 Å². The molecule has 0 atom stereocenters. The Morgan fingerprint density at radius 3 is 2.42 bits per heavy atom. The SMILES string of the molecule is COc1cccc(/C=N\OCC(=O)Nc2ccc(C(C)=O)cc2)c1OC. The Labute approximate surface area is 151 Å². The van der Waals surface area contributed by atoms with Crippen molar-refractivity contribution in [2.24, 2.45) is 5.16 Å². The third-order valence-electron chi connectivity index (χ3n) is 3.47. The summed E-state index contributed by atoms with van der Waals surface area (Å²) in [6.45, 7) is 1.23. The predicted octanol–water partition coefficient (Wildman–Crippen LogP) is 2.90. The van der Waals surface area contributed by atoms with Crippen molar-refractivity contribution in [2.75, 3.05) is 26.1 Å². The van der Waals surface area contributed by atoms with Crippen LogP contribution in [0.5, 0.6) is 11.5 Å². The van der Waals surface area contributed by atoms with Crippen molar-refractivity contribution in [3.8, 4) is 11.5 Å². The van der Waals surface area contributed by atoms with Crippen molar-refractivity contribution in [3.05, 3.63) is 53.6 Å². The topological polar surface area (TPSA) is 86.2 Å². The predicted molar refractivity (Wildman–Crippen MR) is 98.2 cm³/mol. The molecule has 1 N–H and O–H groups in total. The number of Topliss-reactive ketones (excluding diaryl/α,β-unsaturated/α-hetero) is 1. The first-order valence-corrected chi connectivity index (χ1v) is 7.82. The van der Waals surface area contributed by atoms with E-state index in [1.807, 2.05) is 0 Å². The van der Waals surface area contributed by atoms with Gasteiger partial charge < -0.3 is 19.6 Å². The number of nitrogens with one attached hydrogen (secondary N) is 1. The van der Waals surface area contributed by atoms with Crippen molar-refractivity contribution >= 4 is 23.6 Å². The van der Waals surface area contributed by atoms with Crippen LogP contribution in [0.3, 0.4) is 0 Å². The smallest absolute Gasteiger partial charge is 0.265 e. The molecule has 0 aliphatic rings. The van der Waals surface area contributed by atoms with Crippen molar-refractivity contribution < 1.29 is 23.9 Å². The molecule has 0 saturated carbocycles. The Morgan fingerprint density at radius 2 is 1.81 bits per heavy atom. The molecular formula is C19H20N2O5. The average molecular weight is 356 g/mol. The number of carbonyl (C=O) groups is 2. The van der Waals surface area contributed by atoms with Crippen LogP contribution >= 0.6 is 0 Å². The van der Waals surface area contributed by atoms with Crippen molar-refractivity contribution in [2.45, 2.75) is 6.92 Å². The zero-order chi connectivity index (χ0) is 18.9. The minimum atomic E-state index is -0.365. The molecule has 0 radical (unpaired) electrons. The number of methoxy groups -OCH3 is 2. The lowest BCUT2D eigenvalue weighted by atomic mass is 10.1. The maximum atomic E-state index is 11.8. The number of hydrogen-bond acceptors (Lipinski definition) is 6. The van der Waals surface area contributed by atoms with E-state index >= 15 is 0 Å². The van der Waals surface area contributed by atoms with E-state index in [0.717, 1.165) is 0 Å². The third-order valence-corrected chi connectivity index (χ3v) is 3.47. The first-order valence-electron chi connectivity index (χ1n) is 7.82. The van der Waals surface area contributed by atoms with E-state index in [9.17, 15) is 9.59 Å². The van der Waals surface area contributed by atoms with Gasteiger partial charge >= 0.3 is 0 Å². The fraction of sp³-hybridized carbons (Fsp3) is 0.211. The van der Waals surface area contributed by atoms with Gasteiger partial charge in [-0.1, -0.05) is 11.2 Å². The van der Waals surface area contributed by atoms with Crippen LogP contribution in [0.4, 0.5) is 5.69 Å². The largest absolute Gasteiger partial charge is 0.493 e.